The average molecular weight is 324 g/mol. The van der Waals surface area contributed by atoms with Crippen LogP contribution in [0.1, 0.15) is 35.2 Å². The lowest BCUT2D eigenvalue weighted by Gasteiger charge is -2.41. The predicted molar refractivity (Wildman–Crippen MR) is 93.7 cm³/mol. The Morgan fingerprint density at radius 2 is 1.75 bits per heavy atom. The van der Waals surface area contributed by atoms with Gasteiger partial charge in [0.25, 0.3) is 5.91 Å². The molecule has 0 saturated carbocycles. The molecule has 0 atom stereocenters. The number of aromatic nitrogens is 1. The molecule has 2 heterocycles. The number of amides is 1. The van der Waals surface area contributed by atoms with Crippen molar-refractivity contribution in [3.8, 4) is 0 Å². The predicted octanol–water partition coefficient (Wildman–Crippen LogP) is 2.93. The molecule has 1 aromatic carbocycles. The molecule has 0 aliphatic carbocycles. The normalized spacial score (nSPS) is 16.8. The average Bonchev–Trinajstić information content (AvgIpc) is 2.68. The van der Waals surface area contributed by atoms with Gasteiger partial charge >= 0.3 is 0 Å². The minimum absolute atomic E-state index is 0.0620. The van der Waals surface area contributed by atoms with E-state index in [9.17, 15) is 9.90 Å². The first kappa shape index (κ1) is 16.7. The number of likely N-dealkylation sites (tertiary alicyclic amines) is 1. The molecule has 0 bridgehead atoms. The van der Waals surface area contributed by atoms with Crippen LogP contribution in [0.25, 0.3) is 0 Å². The fourth-order valence-corrected chi connectivity index (χ4v) is 3.40. The van der Waals surface area contributed by atoms with E-state index < -0.39 is 0 Å². The van der Waals surface area contributed by atoms with Crippen molar-refractivity contribution in [3.63, 3.8) is 0 Å². The van der Waals surface area contributed by atoms with Crippen molar-refractivity contribution in [2.24, 2.45) is 5.41 Å². The van der Waals surface area contributed by atoms with Gasteiger partial charge in [0.2, 0.25) is 0 Å². The number of benzene rings is 1. The Morgan fingerprint density at radius 1 is 1.08 bits per heavy atom. The first-order chi connectivity index (χ1) is 11.7. The van der Waals surface area contributed by atoms with Gasteiger partial charge in [0.15, 0.2) is 0 Å². The van der Waals surface area contributed by atoms with Crippen molar-refractivity contribution < 1.29 is 9.90 Å². The van der Waals surface area contributed by atoms with Crippen molar-refractivity contribution in [1.82, 2.24) is 9.88 Å². The monoisotopic (exact) mass is 324 g/mol. The van der Waals surface area contributed by atoms with E-state index in [1.165, 1.54) is 5.56 Å². The number of aliphatic hydroxyl groups is 1. The fourth-order valence-electron chi connectivity index (χ4n) is 3.40. The maximum absolute atomic E-state index is 12.5. The number of nitrogens with zero attached hydrogens (tertiary/aromatic N) is 2. The molecule has 4 heteroatoms. The van der Waals surface area contributed by atoms with Crippen molar-refractivity contribution >= 4 is 5.91 Å². The first-order valence-corrected chi connectivity index (χ1v) is 8.57. The zero-order chi connectivity index (χ0) is 16.8. The van der Waals surface area contributed by atoms with Gasteiger partial charge in [-0.15, -0.1) is 0 Å². The van der Waals surface area contributed by atoms with Gasteiger partial charge in [-0.1, -0.05) is 30.3 Å². The third kappa shape index (κ3) is 3.82. The number of pyridine rings is 1. The van der Waals surface area contributed by atoms with Crippen molar-refractivity contribution in [3.05, 3.63) is 66.0 Å². The number of carbonyl (C=O) groups is 1. The highest BCUT2D eigenvalue weighted by Crippen LogP contribution is 2.36. The molecule has 1 saturated heterocycles. The molecule has 24 heavy (non-hydrogen) atoms. The minimum atomic E-state index is -0.0646. The Labute approximate surface area is 143 Å². The van der Waals surface area contributed by atoms with Crippen molar-refractivity contribution in [2.45, 2.75) is 25.7 Å². The van der Waals surface area contributed by atoms with Crippen LogP contribution in [0.3, 0.4) is 0 Å². The highest BCUT2D eigenvalue weighted by atomic mass is 16.3. The summed E-state index contributed by atoms with van der Waals surface area (Å²) in [6.45, 7) is 1.60. The highest BCUT2D eigenvalue weighted by Gasteiger charge is 2.35. The van der Waals surface area contributed by atoms with Crippen LogP contribution in [0.5, 0.6) is 0 Å². The summed E-state index contributed by atoms with van der Waals surface area (Å²) in [5, 5.41) is 9.95. The number of carbonyl (C=O) groups excluding carboxylic acids is 1. The van der Waals surface area contributed by atoms with E-state index in [1.54, 1.807) is 24.5 Å². The van der Waals surface area contributed by atoms with E-state index in [-0.39, 0.29) is 17.9 Å². The van der Waals surface area contributed by atoms with Crippen molar-refractivity contribution in [1.29, 1.82) is 0 Å². The summed E-state index contributed by atoms with van der Waals surface area (Å²) in [7, 11) is 0. The summed E-state index contributed by atoms with van der Waals surface area (Å²) < 4.78 is 0. The second kappa shape index (κ2) is 7.58. The van der Waals surface area contributed by atoms with E-state index in [0.29, 0.717) is 18.7 Å². The van der Waals surface area contributed by atoms with E-state index in [2.05, 4.69) is 29.2 Å². The van der Waals surface area contributed by atoms with E-state index in [4.69, 9.17) is 0 Å². The molecule has 0 radical (unpaired) electrons. The molecule has 126 valence electrons. The SMILES string of the molecule is O=C(c1ccncc1)N1CCC(CO)(CCc2ccccc2)CC1. The third-order valence-electron chi connectivity index (χ3n) is 5.16. The molecule has 4 nitrogen and oxygen atoms in total. The number of rotatable bonds is 5. The van der Waals surface area contributed by atoms with Crippen LogP contribution < -0.4 is 0 Å². The molecule has 1 fully saturated rings. The van der Waals surface area contributed by atoms with Crippen molar-refractivity contribution in [2.75, 3.05) is 19.7 Å². The lowest BCUT2D eigenvalue weighted by molar-refractivity contribution is 0.0314. The lowest BCUT2D eigenvalue weighted by Crippen LogP contribution is -2.44. The molecule has 2 aromatic rings. The van der Waals surface area contributed by atoms with E-state index in [1.807, 2.05) is 11.0 Å². The van der Waals surface area contributed by atoms with E-state index >= 15 is 0 Å². The number of hydrogen-bond acceptors (Lipinski definition) is 3. The number of aliphatic hydroxyl groups excluding tert-OH is 1. The van der Waals surface area contributed by atoms with Gasteiger partial charge in [-0.3, -0.25) is 9.78 Å². The molecule has 1 N–H and O–H groups in total. The number of aryl methyl sites for hydroxylation is 1. The van der Waals surface area contributed by atoms with Gasteiger partial charge in [-0.25, -0.2) is 0 Å². The maximum atomic E-state index is 12.5. The van der Waals surface area contributed by atoms with Crippen LogP contribution in [-0.4, -0.2) is 40.6 Å². The van der Waals surface area contributed by atoms with Crippen LogP contribution >= 0.6 is 0 Å². The van der Waals surface area contributed by atoms with Crippen LogP contribution in [0.4, 0.5) is 0 Å². The standard InChI is InChI=1S/C20H24N2O2/c23-16-20(9-6-17-4-2-1-3-5-17)10-14-22(15-11-20)19(24)18-7-12-21-13-8-18/h1-5,7-8,12-13,23H,6,9-11,14-16H2. The summed E-state index contributed by atoms with van der Waals surface area (Å²) in [6.07, 6.45) is 6.94. The largest absolute Gasteiger partial charge is 0.396 e. The van der Waals surface area contributed by atoms with Gasteiger partial charge < -0.3 is 10.0 Å². The molecule has 1 amide bonds. The highest BCUT2D eigenvalue weighted by molar-refractivity contribution is 5.94. The lowest BCUT2D eigenvalue weighted by atomic mass is 9.74. The quantitative estimate of drug-likeness (QED) is 0.920. The van der Waals surface area contributed by atoms with Crippen LogP contribution in [0.15, 0.2) is 54.9 Å². The van der Waals surface area contributed by atoms with Crippen LogP contribution in [-0.2, 0) is 6.42 Å². The Balaban J connectivity index is 1.58. The van der Waals surface area contributed by atoms with E-state index in [0.717, 1.165) is 25.7 Å². The van der Waals surface area contributed by atoms with Gasteiger partial charge in [-0.2, -0.15) is 0 Å². The smallest absolute Gasteiger partial charge is 0.253 e. The maximum Gasteiger partial charge on any atom is 0.253 e. The summed E-state index contributed by atoms with van der Waals surface area (Å²) in [5.41, 5.74) is 1.93. The number of hydrogen-bond donors (Lipinski definition) is 1. The molecular formula is C20H24N2O2. The molecule has 0 spiro atoms. The summed E-state index contributed by atoms with van der Waals surface area (Å²) in [5.74, 6) is 0.0620. The van der Waals surface area contributed by atoms with Gasteiger partial charge in [0, 0.05) is 37.7 Å². The summed E-state index contributed by atoms with van der Waals surface area (Å²) in [6, 6.07) is 13.9. The zero-order valence-corrected chi connectivity index (χ0v) is 13.9. The second-order valence-electron chi connectivity index (χ2n) is 6.67. The molecule has 0 unspecified atom stereocenters. The second-order valence-corrected chi connectivity index (χ2v) is 6.67. The summed E-state index contributed by atoms with van der Waals surface area (Å²) in [4.78, 5) is 18.4. The fraction of sp³-hybridized carbons (Fsp3) is 0.400. The topological polar surface area (TPSA) is 53.4 Å². The molecule has 3 rings (SSSR count). The third-order valence-corrected chi connectivity index (χ3v) is 5.16. The first-order valence-electron chi connectivity index (χ1n) is 8.57. The number of piperidine rings is 1. The zero-order valence-electron chi connectivity index (χ0n) is 13.9. The molecule has 1 aliphatic heterocycles. The van der Waals surface area contributed by atoms with Gasteiger partial charge in [0.05, 0.1) is 0 Å². The Bertz CT molecular complexity index is 650. The van der Waals surface area contributed by atoms with Gasteiger partial charge in [0.1, 0.15) is 0 Å². The van der Waals surface area contributed by atoms with Crippen LogP contribution in [0.2, 0.25) is 0 Å². The molecular weight excluding hydrogens is 300 g/mol. The molecule has 1 aliphatic rings. The molecule has 1 aromatic heterocycles. The van der Waals surface area contributed by atoms with Crippen LogP contribution in [0, 0.1) is 5.41 Å². The Kier molecular flexibility index (Phi) is 5.26. The minimum Gasteiger partial charge on any atom is -0.396 e. The Hall–Kier alpha value is -2.20. The van der Waals surface area contributed by atoms with Gasteiger partial charge in [-0.05, 0) is 48.8 Å². The Morgan fingerprint density at radius 3 is 2.38 bits per heavy atom. The summed E-state index contributed by atoms with van der Waals surface area (Å²) >= 11 is 0.